The molecule has 1 aliphatic rings. The Morgan fingerprint density at radius 3 is 2.75 bits per heavy atom. The Labute approximate surface area is 119 Å². The number of aromatic nitrogens is 2. The van der Waals surface area contributed by atoms with E-state index in [1.54, 1.807) is 4.68 Å². The van der Waals surface area contributed by atoms with Crippen molar-refractivity contribution in [3.8, 4) is 0 Å². The number of rotatable bonds is 5. The molecule has 0 saturated carbocycles. The molecule has 0 atom stereocenters. The SMILES string of the molecule is Cc1nn(C)c(C)c1NC(=O)CCOC1CCNCC1. The second kappa shape index (κ2) is 6.85. The van der Waals surface area contributed by atoms with Crippen LogP contribution in [0.5, 0.6) is 0 Å². The number of carbonyl (C=O) groups is 1. The van der Waals surface area contributed by atoms with Gasteiger partial charge in [-0.05, 0) is 39.8 Å². The molecule has 20 heavy (non-hydrogen) atoms. The van der Waals surface area contributed by atoms with Gasteiger partial charge >= 0.3 is 0 Å². The minimum Gasteiger partial charge on any atom is -0.378 e. The van der Waals surface area contributed by atoms with Crippen LogP contribution < -0.4 is 10.6 Å². The van der Waals surface area contributed by atoms with E-state index in [-0.39, 0.29) is 5.91 Å². The molecular weight excluding hydrogens is 256 g/mol. The van der Waals surface area contributed by atoms with Gasteiger partial charge in [-0.15, -0.1) is 0 Å². The zero-order valence-corrected chi connectivity index (χ0v) is 12.5. The topological polar surface area (TPSA) is 68.2 Å². The first-order valence-electron chi connectivity index (χ1n) is 7.20. The molecule has 0 aromatic carbocycles. The lowest BCUT2D eigenvalue weighted by Crippen LogP contribution is -2.33. The molecule has 1 aromatic heterocycles. The molecule has 0 spiro atoms. The molecule has 0 radical (unpaired) electrons. The highest BCUT2D eigenvalue weighted by molar-refractivity contribution is 5.91. The summed E-state index contributed by atoms with van der Waals surface area (Å²) in [5, 5.41) is 10.5. The van der Waals surface area contributed by atoms with Gasteiger partial charge in [0.05, 0.1) is 36.2 Å². The van der Waals surface area contributed by atoms with Crippen LogP contribution in [0, 0.1) is 13.8 Å². The number of nitrogens with zero attached hydrogens (tertiary/aromatic N) is 2. The van der Waals surface area contributed by atoms with Crippen molar-refractivity contribution in [2.24, 2.45) is 7.05 Å². The number of anilines is 1. The summed E-state index contributed by atoms with van der Waals surface area (Å²) in [7, 11) is 1.87. The van der Waals surface area contributed by atoms with E-state index in [0.717, 1.165) is 43.0 Å². The van der Waals surface area contributed by atoms with Crippen LogP contribution in [0.2, 0.25) is 0 Å². The summed E-state index contributed by atoms with van der Waals surface area (Å²) in [5.41, 5.74) is 2.63. The summed E-state index contributed by atoms with van der Waals surface area (Å²) in [4.78, 5) is 11.9. The summed E-state index contributed by atoms with van der Waals surface area (Å²) in [5.74, 6) is -0.0156. The lowest BCUT2D eigenvalue weighted by Gasteiger charge is -2.22. The number of ether oxygens (including phenoxy) is 1. The summed E-state index contributed by atoms with van der Waals surface area (Å²) >= 11 is 0. The third-order valence-electron chi connectivity index (χ3n) is 3.74. The van der Waals surface area contributed by atoms with E-state index in [1.165, 1.54) is 0 Å². The Balaban J connectivity index is 1.75. The Bertz CT molecular complexity index is 464. The van der Waals surface area contributed by atoms with Gasteiger partial charge in [-0.2, -0.15) is 5.10 Å². The average Bonchev–Trinajstić information content (AvgIpc) is 2.67. The van der Waals surface area contributed by atoms with Crippen molar-refractivity contribution in [1.82, 2.24) is 15.1 Å². The smallest absolute Gasteiger partial charge is 0.226 e. The van der Waals surface area contributed by atoms with Gasteiger partial charge < -0.3 is 15.4 Å². The zero-order valence-electron chi connectivity index (χ0n) is 12.5. The molecular formula is C14H24N4O2. The summed E-state index contributed by atoms with van der Waals surface area (Å²) in [6, 6.07) is 0. The predicted octanol–water partition coefficient (Wildman–Crippen LogP) is 1.13. The first-order chi connectivity index (χ1) is 9.58. The Hall–Kier alpha value is -1.40. The third kappa shape index (κ3) is 3.80. The number of nitrogens with one attached hydrogen (secondary N) is 2. The first-order valence-corrected chi connectivity index (χ1v) is 7.20. The molecule has 1 aromatic rings. The number of aryl methyl sites for hydroxylation is 2. The van der Waals surface area contributed by atoms with Crippen molar-refractivity contribution in [3.05, 3.63) is 11.4 Å². The van der Waals surface area contributed by atoms with Crippen LogP contribution in [0.1, 0.15) is 30.7 Å². The van der Waals surface area contributed by atoms with E-state index in [1.807, 2.05) is 20.9 Å². The van der Waals surface area contributed by atoms with E-state index >= 15 is 0 Å². The molecule has 1 amide bonds. The predicted molar refractivity (Wildman–Crippen MR) is 77.8 cm³/mol. The maximum absolute atomic E-state index is 11.9. The normalized spacial score (nSPS) is 16.4. The molecule has 2 N–H and O–H groups in total. The highest BCUT2D eigenvalue weighted by Gasteiger charge is 2.15. The van der Waals surface area contributed by atoms with Gasteiger partial charge in [-0.3, -0.25) is 9.48 Å². The molecule has 6 heteroatoms. The van der Waals surface area contributed by atoms with Crippen molar-refractivity contribution in [2.75, 3.05) is 25.0 Å². The zero-order chi connectivity index (χ0) is 14.5. The third-order valence-corrected chi connectivity index (χ3v) is 3.74. The monoisotopic (exact) mass is 280 g/mol. The standard InChI is InChI=1S/C14H24N4O2/c1-10-14(11(2)18(3)17-10)16-13(19)6-9-20-12-4-7-15-8-5-12/h12,15H,4-9H2,1-3H3,(H,16,19). The number of piperidine rings is 1. The largest absolute Gasteiger partial charge is 0.378 e. The molecule has 2 rings (SSSR count). The van der Waals surface area contributed by atoms with E-state index in [4.69, 9.17) is 4.74 Å². The molecule has 0 bridgehead atoms. The van der Waals surface area contributed by atoms with Crippen LogP contribution in [0.15, 0.2) is 0 Å². The van der Waals surface area contributed by atoms with Gasteiger partial charge in [0.25, 0.3) is 0 Å². The maximum atomic E-state index is 11.9. The average molecular weight is 280 g/mol. The van der Waals surface area contributed by atoms with Crippen LogP contribution >= 0.6 is 0 Å². The Morgan fingerprint density at radius 2 is 2.15 bits per heavy atom. The minimum atomic E-state index is -0.0156. The lowest BCUT2D eigenvalue weighted by atomic mass is 10.1. The fraction of sp³-hybridized carbons (Fsp3) is 0.714. The molecule has 112 valence electrons. The fourth-order valence-electron chi connectivity index (χ4n) is 2.44. The number of amides is 1. The van der Waals surface area contributed by atoms with Gasteiger partial charge in [0.15, 0.2) is 0 Å². The molecule has 0 unspecified atom stereocenters. The first kappa shape index (κ1) is 15.0. The Kier molecular flexibility index (Phi) is 5.14. The molecule has 6 nitrogen and oxygen atoms in total. The van der Waals surface area contributed by atoms with Crippen molar-refractivity contribution < 1.29 is 9.53 Å². The second-order valence-corrected chi connectivity index (χ2v) is 5.29. The lowest BCUT2D eigenvalue weighted by molar-refractivity contribution is -0.117. The fourth-order valence-corrected chi connectivity index (χ4v) is 2.44. The van der Waals surface area contributed by atoms with E-state index in [9.17, 15) is 4.79 Å². The van der Waals surface area contributed by atoms with Gasteiger partial charge in [0.2, 0.25) is 5.91 Å². The highest BCUT2D eigenvalue weighted by atomic mass is 16.5. The van der Waals surface area contributed by atoms with Gasteiger partial charge in [-0.25, -0.2) is 0 Å². The number of hydrogen-bond acceptors (Lipinski definition) is 4. The van der Waals surface area contributed by atoms with Crippen LogP contribution in [0.3, 0.4) is 0 Å². The number of hydrogen-bond donors (Lipinski definition) is 2. The van der Waals surface area contributed by atoms with E-state index in [0.29, 0.717) is 19.1 Å². The maximum Gasteiger partial charge on any atom is 0.226 e. The summed E-state index contributed by atoms with van der Waals surface area (Å²) in [6.45, 7) is 6.33. The Morgan fingerprint density at radius 1 is 1.45 bits per heavy atom. The van der Waals surface area contributed by atoms with Gasteiger partial charge in [0, 0.05) is 7.05 Å². The van der Waals surface area contributed by atoms with Crippen molar-refractivity contribution in [1.29, 1.82) is 0 Å². The number of carbonyl (C=O) groups excluding carboxylic acids is 1. The van der Waals surface area contributed by atoms with Crippen LogP contribution in [-0.2, 0) is 16.6 Å². The molecule has 0 aliphatic carbocycles. The van der Waals surface area contributed by atoms with Crippen LogP contribution in [0.25, 0.3) is 0 Å². The van der Waals surface area contributed by atoms with Crippen molar-refractivity contribution >= 4 is 11.6 Å². The second-order valence-electron chi connectivity index (χ2n) is 5.29. The van der Waals surface area contributed by atoms with E-state index < -0.39 is 0 Å². The van der Waals surface area contributed by atoms with Crippen LogP contribution in [-0.4, -0.2) is 41.5 Å². The van der Waals surface area contributed by atoms with Crippen molar-refractivity contribution in [3.63, 3.8) is 0 Å². The highest BCUT2D eigenvalue weighted by Crippen LogP contribution is 2.18. The quantitative estimate of drug-likeness (QED) is 0.848. The van der Waals surface area contributed by atoms with E-state index in [2.05, 4.69) is 15.7 Å². The molecule has 2 heterocycles. The van der Waals surface area contributed by atoms with Gasteiger partial charge in [-0.1, -0.05) is 0 Å². The summed E-state index contributed by atoms with van der Waals surface area (Å²) in [6.07, 6.45) is 2.74. The molecule has 1 fully saturated rings. The minimum absolute atomic E-state index is 0.0156. The molecule has 1 saturated heterocycles. The van der Waals surface area contributed by atoms with Gasteiger partial charge in [0.1, 0.15) is 0 Å². The van der Waals surface area contributed by atoms with Crippen molar-refractivity contribution in [2.45, 2.75) is 39.2 Å². The van der Waals surface area contributed by atoms with Crippen LogP contribution in [0.4, 0.5) is 5.69 Å². The summed E-state index contributed by atoms with van der Waals surface area (Å²) < 4.78 is 7.51. The molecule has 1 aliphatic heterocycles.